The van der Waals surface area contributed by atoms with Crippen LogP contribution in [-0.4, -0.2) is 26.2 Å². The van der Waals surface area contributed by atoms with Crippen LogP contribution in [0.4, 0.5) is 0 Å². The van der Waals surface area contributed by atoms with E-state index in [-0.39, 0.29) is 12.0 Å². The molecule has 1 N–H and O–H groups in total. The monoisotopic (exact) mass is 245 g/mol. The summed E-state index contributed by atoms with van der Waals surface area (Å²) in [6.07, 6.45) is 3.00. The molecule has 0 aliphatic carbocycles. The predicted octanol–water partition coefficient (Wildman–Crippen LogP) is 2.22. The fraction of sp³-hybridized carbons (Fsp3) is 0.429. The van der Waals surface area contributed by atoms with Gasteiger partial charge < -0.3 is 5.11 Å². The lowest BCUT2D eigenvalue weighted by molar-refractivity contribution is 0.116. The molecule has 0 fully saturated rings. The van der Waals surface area contributed by atoms with E-state index in [2.05, 4.69) is 10.3 Å². The Morgan fingerprint density at radius 2 is 1.94 bits per heavy atom. The number of nitrogens with zero attached hydrogens (tertiary/aromatic N) is 3. The molecule has 0 radical (unpaired) electrons. The number of aliphatic hydroxyl groups excluding tert-OH is 1. The number of para-hydroxylation sites is 1. The molecular weight excluding hydrogens is 226 g/mol. The van der Waals surface area contributed by atoms with Crippen LogP contribution in [0.15, 0.2) is 36.5 Å². The third-order valence-electron chi connectivity index (χ3n) is 3.09. The Bertz CT molecular complexity index is 479. The van der Waals surface area contributed by atoms with Crippen LogP contribution in [-0.2, 0) is 6.42 Å². The number of aromatic nitrogens is 3. The Morgan fingerprint density at radius 1 is 1.22 bits per heavy atom. The molecule has 0 aliphatic heterocycles. The standard InChI is InChI=1S/C14H19N3O/c1-11(2)14(18)9-8-13-10-15-16-17(13)12-6-4-3-5-7-12/h3-7,10-11,14,18H,8-9H2,1-2H3. The fourth-order valence-corrected chi connectivity index (χ4v) is 1.84. The van der Waals surface area contributed by atoms with E-state index in [4.69, 9.17) is 0 Å². The molecule has 1 heterocycles. The first-order valence-corrected chi connectivity index (χ1v) is 6.31. The molecule has 1 aromatic carbocycles. The summed E-state index contributed by atoms with van der Waals surface area (Å²) in [6, 6.07) is 9.92. The molecule has 0 spiro atoms. The van der Waals surface area contributed by atoms with Gasteiger partial charge in [-0.2, -0.15) is 0 Å². The van der Waals surface area contributed by atoms with Gasteiger partial charge in [-0.3, -0.25) is 0 Å². The quantitative estimate of drug-likeness (QED) is 0.878. The summed E-state index contributed by atoms with van der Waals surface area (Å²) < 4.78 is 1.83. The largest absolute Gasteiger partial charge is 0.393 e. The van der Waals surface area contributed by atoms with Crippen molar-refractivity contribution < 1.29 is 5.11 Å². The van der Waals surface area contributed by atoms with Gasteiger partial charge >= 0.3 is 0 Å². The van der Waals surface area contributed by atoms with E-state index in [1.54, 1.807) is 6.20 Å². The number of rotatable bonds is 5. The first-order valence-electron chi connectivity index (χ1n) is 6.31. The highest BCUT2D eigenvalue weighted by atomic mass is 16.3. The Hall–Kier alpha value is -1.68. The van der Waals surface area contributed by atoms with E-state index in [1.165, 1.54) is 0 Å². The number of benzene rings is 1. The average Bonchev–Trinajstić information content (AvgIpc) is 2.85. The SMILES string of the molecule is CC(C)C(O)CCc1cnnn1-c1ccccc1. The molecule has 0 aliphatic rings. The third kappa shape index (κ3) is 2.96. The topological polar surface area (TPSA) is 50.9 Å². The third-order valence-corrected chi connectivity index (χ3v) is 3.09. The van der Waals surface area contributed by atoms with Crippen molar-refractivity contribution in [1.82, 2.24) is 15.0 Å². The van der Waals surface area contributed by atoms with Gasteiger partial charge in [0.15, 0.2) is 0 Å². The van der Waals surface area contributed by atoms with Crippen LogP contribution in [0.3, 0.4) is 0 Å². The van der Waals surface area contributed by atoms with Gasteiger partial charge in [-0.25, -0.2) is 4.68 Å². The van der Waals surface area contributed by atoms with Crippen molar-refractivity contribution in [2.75, 3.05) is 0 Å². The van der Waals surface area contributed by atoms with Gasteiger partial charge in [0, 0.05) is 0 Å². The normalized spacial score (nSPS) is 12.9. The molecular formula is C14H19N3O. The van der Waals surface area contributed by atoms with Gasteiger partial charge in [0.25, 0.3) is 0 Å². The molecule has 18 heavy (non-hydrogen) atoms. The predicted molar refractivity (Wildman–Crippen MR) is 70.5 cm³/mol. The smallest absolute Gasteiger partial charge is 0.0729 e. The van der Waals surface area contributed by atoms with Gasteiger partial charge in [-0.1, -0.05) is 37.3 Å². The number of aliphatic hydroxyl groups is 1. The fourth-order valence-electron chi connectivity index (χ4n) is 1.84. The van der Waals surface area contributed by atoms with Crippen molar-refractivity contribution >= 4 is 0 Å². The molecule has 0 saturated carbocycles. The second-order valence-corrected chi connectivity index (χ2v) is 4.82. The van der Waals surface area contributed by atoms with Crippen molar-refractivity contribution in [2.45, 2.75) is 32.8 Å². The number of hydrogen-bond donors (Lipinski definition) is 1. The second kappa shape index (κ2) is 5.78. The van der Waals surface area contributed by atoms with Crippen LogP contribution in [0.1, 0.15) is 26.0 Å². The molecule has 0 bridgehead atoms. The second-order valence-electron chi connectivity index (χ2n) is 4.82. The lowest BCUT2D eigenvalue weighted by Crippen LogP contribution is -2.16. The first-order chi connectivity index (χ1) is 8.68. The molecule has 96 valence electrons. The Labute approximate surface area is 107 Å². The molecule has 2 rings (SSSR count). The van der Waals surface area contributed by atoms with E-state index in [9.17, 15) is 5.11 Å². The van der Waals surface area contributed by atoms with E-state index >= 15 is 0 Å². The van der Waals surface area contributed by atoms with Crippen molar-refractivity contribution in [3.8, 4) is 5.69 Å². The summed E-state index contributed by atoms with van der Waals surface area (Å²) >= 11 is 0. The van der Waals surface area contributed by atoms with Crippen LogP contribution in [0.2, 0.25) is 0 Å². The molecule has 2 aromatic rings. The molecule has 1 unspecified atom stereocenters. The summed E-state index contributed by atoms with van der Waals surface area (Å²) in [5.74, 6) is 0.283. The number of aryl methyl sites for hydroxylation is 1. The summed E-state index contributed by atoms with van der Waals surface area (Å²) in [7, 11) is 0. The highest BCUT2D eigenvalue weighted by Crippen LogP contribution is 2.13. The Morgan fingerprint density at radius 3 is 2.61 bits per heavy atom. The molecule has 0 saturated heterocycles. The van der Waals surface area contributed by atoms with Crippen molar-refractivity contribution in [1.29, 1.82) is 0 Å². The van der Waals surface area contributed by atoms with E-state index in [1.807, 2.05) is 48.9 Å². The van der Waals surface area contributed by atoms with Gasteiger partial charge in [-0.15, -0.1) is 5.10 Å². The van der Waals surface area contributed by atoms with Crippen LogP contribution in [0.25, 0.3) is 5.69 Å². The molecule has 1 aromatic heterocycles. The maximum absolute atomic E-state index is 9.84. The van der Waals surface area contributed by atoms with Crippen molar-refractivity contribution in [3.63, 3.8) is 0 Å². The van der Waals surface area contributed by atoms with E-state index in [0.29, 0.717) is 0 Å². The van der Waals surface area contributed by atoms with Crippen LogP contribution >= 0.6 is 0 Å². The van der Waals surface area contributed by atoms with Gasteiger partial charge in [0.05, 0.1) is 23.7 Å². The Kier molecular flexibility index (Phi) is 4.10. The summed E-state index contributed by atoms with van der Waals surface area (Å²) in [5.41, 5.74) is 2.03. The lowest BCUT2D eigenvalue weighted by atomic mass is 10.0. The van der Waals surface area contributed by atoms with Gasteiger partial charge in [0.2, 0.25) is 0 Å². The van der Waals surface area contributed by atoms with Crippen molar-refractivity contribution in [3.05, 3.63) is 42.2 Å². The highest BCUT2D eigenvalue weighted by Gasteiger charge is 2.12. The minimum absolute atomic E-state index is 0.274. The van der Waals surface area contributed by atoms with Gasteiger partial charge in [-0.05, 0) is 30.9 Å². The average molecular weight is 245 g/mol. The molecule has 0 amide bonds. The van der Waals surface area contributed by atoms with E-state index in [0.717, 1.165) is 24.2 Å². The first kappa shape index (κ1) is 12.8. The Balaban J connectivity index is 2.09. The highest BCUT2D eigenvalue weighted by molar-refractivity contribution is 5.31. The zero-order valence-electron chi connectivity index (χ0n) is 10.8. The van der Waals surface area contributed by atoms with Crippen molar-refractivity contribution in [2.24, 2.45) is 5.92 Å². The van der Waals surface area contributed by atoms with E-state index < -0.39 is 0 Å². The number of hydrogen-bond acceptors (Lipinski definition) is 3. The maximum atomic E-state index is 9.84. The summed E-state index contributed by atoms with van der Waals surface area (Å²) in [4.78, 5) is 0. The molecule has 4 heteroatoms. The lowest BCUT2D eigenvalue weighted by Gasteiger charge is -2.14. The van der Waals surface area contributed by atoms with Crippen LogP contribution in [0, 0.1) is 5.92 Å². The molecule has 4 nitrogen and oxygen atoms in total. The zero-order valence-corrected chi connectivity index (χ0v) is 10.8. The van der Waals surface area contributed by atoms with Gasteiger partial charge in [0.1, 0.15) is 0 Å². The minimum Gasteiger partial charge on any atom is -0.393 e. The molecule has 1 atom stereocenters. The minimum atomic E-state index is -0.274. The summed E-state index contributed by atoms with van der Waals surface area (Å²) in [6.45, 7) is 4.05. The zero-order chi connectivity index (χ0) is 13.0. The van der Waals surface area contributed by atoms with Crippen LogP contribution in [0.5, 0.6) is 0 Å². The van der Waals surface area contributed by atoms with Crippen LogP contribution < -0.4 is 0 Å². The summed E-state index contributed by atoms with van der Waals surface area (Å²) in [5, 5.41) is 17.9. The maximum Gasteiger partial charge on any atom is 0.0729 e.